The predicted molar refractivity (Wildman–Crippen MR) is 145 cm³/mol. The fourth-order valence-electron chi connectivity index (χ4n) is 5.27. The molecule has 0 unspecified atom stereocenters. The van der Waals surface area contributed by atoms with E-state index in [0.717, 1.165) is 58.0 Å². The third-order valence-electron chi connectivity index (χ3n) is 7.01. The molecule has 0 saturated carbocycles. The van der Waals surface area contributed by atoms with Gasteiger partial charge in [-0.05, 0) is 77.4 Å². The molecule has 37 heavy (non-hydrogen) atoms. The summed E-state index contributed by atoms with van der Waals surface area (Å²) in [4.78, 5) is 3.35. The molecular weight excluding hydrogens is 490 g/mol. The lowest BCUT2D eigenvalue weighted by Crippen LogP contribution is -2.09. The van der Waals surface area contributed by atoms with E-state index in [1.165, 1.54) is 6.07 Å². The van der Waals surface area contributed by atoms with Crippen molar-refractivity contribution < 1.29 is 17.2 Å². The molecule has 6 rings (SSSR count). The first kappa shape index (κ1) is 23.4. The van der Waals surface area contributed by atoms with Crippen molar-refractivity contribution >= 4 is 26.6 Å². The number of rotatable bonds is 4. The zero-order chi connectivity index (χ0) is 25.9. The minimum Gasteiger partial charge on any atom is -0.352 e. The van der Waals surface area contributed by atoms with Gasteiger partial charge in [-0.2, -0.15) is 0 Å². The monoisotopic (exact) mass is 514 g/mol. The van der Waals surface area contributed by atoms with Crippen molar-refractivity contribution in [2.45, 2.75) is 19.8 Å². The topological polar surface area (TPSA) is 62.0 Å². The number of aromatic amines is 1. The summed E-state index contributed by atoms with van der Waals surface area (Å²) in [5.74, 6) is -0.652. The van der Waals surface area contributed by atoms with E-state index in [9.17, 15) is 12.8 Å². The van der Waals surface area contributed by atoms with E-state index in [0.29, 0.717) is 27.9 Å². The smallest absolute Gasteiger partial charge is 0.229 e. The summed E-state index contributed by atoms with van der Waals surface area (Å²) in [5, 5.41) is 0.865. The average molecular weight is 515 g/mol. The van der Waals surface area contributed by atoms with Gasteiger partial charge in [0.2, 0.25) is 10.0 Å². The fourth-order valence-corrected chi connectivity index (χ4v) is 5.82. The molecule has 0 saturated heterocycles. The van der Waals surface area contributed by atoms with E-state index in [2.05, 4.69) is 15.8 Å². The molecule has 5 aromatic rings. The predicted octanol–water partition coefficient (Wildman–Crippen LogP) is 7.23. The van der Waals surface area contributed by atoms with Crippen molar-refractivity contribution in [3.63, 3.8) is 0 Å². The van der Waals surface area contributed by atoms with Crippen LogP contribution in [0.5, 0.6) is 0 Å². The van der Waals surface area contributed by atoms with E-state index in [1.807, 2.05) is 36.4 Å². The molecule has 1 aliphatic rings. The molecule has 4 aromatic carbocycles. The number of H-pyrrole nitrogens is 1. The number of fused-ring (bicyclic) bond motifs is 5. The number of halogens is 2. The van der Waals surface area contributed by atoms with Gasteiger partial charge < -0.3 is 4.98 Å². The largest absolute Gasteiger partial charge is 0.352 e. The minimum absolute atomic E-state index is 0.310. The Morgan fingerprint density at radius 3 is 2.38 bits per heavy atom. The number of hydrogen-bond donors (Lipinski definition) is 2. The molecule has 1 heterocycles. The lowest BCUT2D eigenvalue weighted by Gasteiger charge is -2.18. The molecule has 1 aliphatic carbocycles. The summed E-state index contributed by atoms with van der Waals surface area (Å²) in [6.07, 6.45) is 2.71. The second-order valence-electron chi connectivity index (χ2n) is 9.62. The van der Waals surface area contributed by atoms with Gasteiger partial charge in [-0.3, -0.25) is 4.72 Å². The molecule has 0 fully saturated rings. The zero-order valence-corrected chi connectivity index (χ0v) is 21.1. The van der Waals surface area contributed by atoms with Crippen LogP contribution in [-0.2, 0) is 22.9 Å². The van der Waals surface area contributed by atoms with Crippen molar-refractivity contribution in [1.82, 2.24) is 4.98 Å². The zero-order valence-electron chi connectivity index (χ0n) is 20.3. The quantitative estimate of drug-likeness (QED) is 0.266. The molecule has 4 nitrogen and oxygen atoms in total. The van der Waals surface area contributed by atoms with E-state index in [-0.39, 0.29) is 11.6 Å². The van der Waals surface area contributed by atoms with Crippen LogP contribution in [0.15, 0.2) is 72.8 Å². The first-order valence-corrected chi connectivity index (χ1v) is 13.9. The Labute approximate surface area is 214 Å². The summed E-state index contributed by atoms with van der Waals surface area (Å²) in [5.41, 5.74) is 8.61. The second kappa shape index (κ2) is 8.56. The van der Waals surface area contributed by atoms with Crippen LogP contribution in [0, 0.1) is 18.6 Å². The van der Waals surface area contributed by atoms with Crippen molar-refractivity contribution in [3.05, 3.63) is 101 Å². The lowest BCUT2D eigenvalue weighted by atomic mass is 9.87. The van der Waals surface area contributed by atoms with Gasteiger partial charge in [0.15, 0.2) is 5.82 Å². The third-order valence-corrected chi connectivity index (χ3v) is 7.61. The molecule has 2 N–H and O–H groups in total. The first-order valence-electron chi connectivity index (χ1n) is 12.0. The molecule has 186 valence electrons. The van der Waals surface area contributed by atoms with Gasteiger partial charge in [0.1, 0.15) is 5.82 Å². The number of anilines is 1. The normalized spacial score (nSPS) is 12.9. The van der Waals surface area contributed by atoms with E-state index in [1.54, 1.807) is 31.2 Å². The average Bonchev–Trinajstić information content (AvgIpc) is 3.25. The SMILES string of the molecule is Cc1cc(-c2ccc3c4c([nH]c3c2F)-c2ccc(-c3cccc(NS(C)(=O)=O)c3)cc2CC4)ccc1F. The van der Waals surface area contributed by atoms with Crippen LogP contribution in [0.1, 0.15) is 16.7 Å². The van der Waals surface area contributed by atoms with E-state index < -0.39 is 10.0 Å². The number of aromatic nitrogens is 1. The maximum Gasteiger partial charge on any atom is 0.229 e. The molecule has 0 spiro atoms. The van der Waals surface area contributed by atoms with Gasteiger partial charge in [-0.25, -0.2) is 17.2 Å². The van der Waals surface area contributed by atoms with Gasteiger partial charge in [-0.1, -0.05) is 48.5 Å². The van der Waals surface area contributed by atoms with Crippen LogP contribution in [0.2, 0.25) is 0 Å². The van der Waals surface area contributed by atoms with Crippen LogP contribution in [-0.4, -0.2) is 19.7 Å². The van der Waals surface area contributed by atoms with Crippen molar-refractivity contribution in [1.29, 1.82) is 0 Å². The summed E-state index contributed by atoms with van der Waals surface area (Å²) in [7, 11) is -3.37. The van der Waals surface area contributed by atoms with Gasteiger partial charge in [0.05, 0.1) is 17.5 Å². The van der Waals surface area contributed by atoms with Crippen molar-refractivity contribution in [2.75, 3.05) is 11.0 Å². The van der Waals surface area contributed by atoms with Crippen molar-refractivity contribution in [3.8, 4) is 33.5 Å². The molecule has 0 aliphatic heterocycles. The standard InChI is InChI=1S/C30H24F2N2O2S/c1-17-14-20(8-13-27(17)31)23-11-12-26-25-10-7-21-15-19(6-9-24(21)29(25)33-30(26)28(23)32)18-4-3-5-22(16-18)34-37(2,35)36/h3-6,8-9,11-16,33-34H,7,10H2,1-2H3. The molecule has 0 bridgehead atoms. The Morgan fingerprint density at radius 1 is 0.838 bits per heavy atom. The van der Waals surface area contributed by atoms with Crippen molar-refractivity contribution in [2.24, 2.45) is 0 Å². The molecule has 7 heteroatoms. The van der Waals surface area contributed by atoms with Gasteiger partial charge in [-0.15, -0.1) is 0 Å². The Hall–Kier alpha value is -3.97. The third kappa shape index (κ3) is 4.19. The number of benzene rings is 4. The first-order chi connectivity index (χ1) is 17.7. The highest BCUT2D eigenvalue weighted by Crippen LogP contribution is 2.41. The highest BCUT2D eigenvalue weighted by atomic mass is 32.2. The lowest BCUT2D eigenvalue weighted by molar-refractivity contribution is 0.607. The molecule has 0 amide bonds. The minimum atomic E-state index is -3.37. The molecule has 0 atom stereocenters. The van der Waals surface area contributed by atoms with E-state index >= 15 is 4.39 Å². The summed E-state index contributed by atoms with van der Waals surface area (Å²) in [6.45, 7) is 1.67. The number of aryl methyl sites for hydroxylation is 3. The van der Waals surface area contributed by atoms with Crippen LogP contribution < -0.4 is 4.72 Å². The van der Waals surface area contributed by atoms with Gasteiger partial charge >= 0.3 is 0 Å². The Morgan fingerprint density at radius 2 is 1.59 bits per heavy atom. The van der Waals surface area contributed by atoms with E-state index in [4.69, 9.17) is 0 Å². The van der Waals surface area contributed by atoms with Crippen LogP contribution >= 0.6 is 0 Å². The van der Waals surface area contributed by atoms with Crippen LogP contribution in [0.4, 0.5) is 14.5 Å². The maximum absolute atomic E-state index is 15.7. The summed E-state index contributed by atoms with van der Waals surface area (Å²) < 4.78 is 55.3. The highest BCUT2D eigenvalue weighted by Gasteiger charge is 2.24. The van der Waals surface area contributed by atoms with Gasteiger partial charge in [0.25, 0.3) is 0 Å². The van der Waals surface area contributed by atoms with Crippen LogP contribution in [0.3, 0.4) is 0 Å². The Kier molecular flexibility index (Phi) is 5.42. The second-order valence-corrected chi connectivity index (χ2v) is 11.4. The molecule has 0 radical (unpaired) electrons. The Bertz CT molecular complexity index is 1820. The van der Waals surface area contributed by atoms with Gasteiger partial charge in [0, 0.05) is 22.2 Å². The summed E-state index contributed by atoms with van der Waals surface area (Å²) in [6, 6.07) is 21.8. The fraction of sp³-hybridized carbons (Fsp3) is 0.133. The Balaban J connectivity index is 1.41. The number of hydrogen-bond acceptors (Lipinski definition) is 2. The number of nitrogens with one attached hydrogen (secondary N) is 2. The van der Waals surface area contributed by atoms with Crippen LogP contribution in [0.25, 0.3) is 44.4 Å². The highest BCUT2D eigenvalue weighted by molar-refractivity contribution is 7.92. The summed E-state index contributed by atoms with van der Waals surface area (Å²) >= 11 is 0. The number of sulfonamides is 1. The molecule has 1 aromatic heterocycles. The molecular formula is C30H24F2N2O2S. The maximum atomic E-state index is 15.7.